The molecule has 0 radical (unpaired) electrons. The molecular weight excluding hydrogens is 424 g/mol. The monoisotopic (exact) mass is 450 g/mol. The van der Waals surface area contributed by atoms with Crippen LogP contribution in [0.25, 0.3) is 0 Å². The van der Waals surface area contributed by atoms with Gasteiger partial charge in [-0.25, -0.2) is 4.79 Å². The normalized spacial score (nSPS) is 13.4. The highest BCUT2D eigenvalue weighted by molar-refractivity contribution is 7.98. The van der Waals surface area contributed by atoms with E-state index in [1.54, 1.807) is 6.26 Å². The van der Waals surface area contributed by atoms with Gasteiger partial charge in [0.05, 0.1) is 13.0 Å². The second kappa shape index (κ2) is 14.2. The molecule has 0 saturated carbocycles. The third-order valence-electron chi connectivity index (χ3n) is 3.72. The van der Waals surface area contributed by atoms with E-state index in [2.05, 4.69) is 16.0 Å². The Morgan fingerprint density at radius 3 is 1.80 bits per heavy atom. The Hall–Kier alpha value is -2.87. The standard InChI is InChI=1S/C16H26N4O9S/c1-30-5-4-9(15(27)20-10(16(28)29)6-13(24)25)19-14(26)8(2-3-12(22)23)18-11(21)7-17/h8-10H,2-7,17H2,1H3,(H,18,21)(H,19,26)(H,20,27)(H,22,23)(H,24,25)(H,28,29). The van der Waals surface area contributed by atoms with Crippen LogP contribution < -0.4 is 21.7 Å². The summed E-state index contributed by atoms with van der Waals surface area (Å²) < 4.78 is 0. The molecule has 170 valence electrons. The summed E-state index contributed by atoms with van der Waals surface area (Å²) in [6.07, 6.45) is 0.246. The average Bonchev–Trinajstić information content (AvgIpc) is 2.66. The Bertz CT molecular complexity index is 659. The maximum absolute atomic E-state index is 12.5. The van der Waals surface area contributed by atoms with E-state index in [-0.39, 0.29) is 12.8 Å². The Morgan fingerprint density at radius 2 is 1.37 bits per heavy atom. The fourth-order valence-corrected chi connectivity index (χ4v) is 2.69. The largest absolute Gasteiger partial charge is 0.481 e. The molecule has 8 N–H and O–H groups in total. The van der Waals surface area contributed by atoms with Gasteiger partial charge in [-0.05, 0) is 24.9 Å². The lowest BCUT2D eigenvalue weighted by molar-refractivity contribution is -0.147. The minimum absolute atomic E-state index is 0.0780. The number of thioether (sulfide) groups is 1. The van der Waals surface area contributed by atoms with Gasteiger partial charge >= 0.3 is 17.9 Å². The first kappa shape index (κ1) is 27.1. The van der Waals surface area contributed by atoms with Crippen molar-refractivity contribution in [2.75, 3.05) is 18.6 Å². The number of amides is 3. The minimum Gasteiger partial charge on any atom is -0.481 e. The highest BCUT2D eigenvalue weighted by atomic mass is 32.2. The molecule has 0 saturated heterocycles. The number of carbonyl (C=O) groups excluding carboxylic acids is 3. The van der Waals surface area contributed by atoms with E-state index in [1.807, 2.05) is 0 Å². The zero-order valence-corrected chi connectivity index (χ0v) is 17.1. The highest BCUT2D eigenvalue weighted by Gasteiger charge is 2.30. The molecule has 0 aliphatic heterocycles. The molecule has 0 rings (SSSR count). The molecule has 0 aromatic carbocycles. The lowest BCUT2D eigenvalue weighted by atomic mass is 10.1. The zero-order valence-electron chi connectivity index (χ0n) is 16.3. The predicted molar refractivity (Wildman–Crippen MR) is 105 cm³/mol. The predicted octanol–water partition coefficient (Wildman–Crippen LogP) is -2.42. The Labute approximate surface area is 176 Å². The lowest BCUT2D eigenvalue weighted by Gasteiger charge is -2.24. The van der Waals surface area contributed by atoms with Crippen LogP contribution in [0.1, 0.15) is 25.7 Å². The van der Waals surface area contributed by atoms with Crippen molar-refractivity contribution in [2.45, 2.75) is 43.8 Å². The summed E-state index contributed by atoms with van der Waals surface area (Å²) in [4.78, 5) is 69.2. The first-order valence-electron chi connectivity index (χ1n) is 8.77. The molecule has 14 heteroatoms. The molecule has 30 heavy (non-hydrogen) atoms. The number of carboxylic acids is 3. The van der Waals surface area contributed by atoms with Crippen molar-refractivity contribution in [2.24, 2.45) is 5.73 Å². The summed E-state index contributed by atoms with van der Waals surface area (Å²) in [7, 11) is 0. The number of nitrogens with two attached hydrogens (primary N) is 1. The van der Waals surface area contributed by atoms with Crippen molar-refractivity contribution in [3.63, 3.8) is 0 Å². The summed E-state index contributed by atoms with van der Waals surface area (Å²) in [5.41, 5.74) is 5.18. The fraction of sp³-hybridized carbons (Fsp3) is 0.625. The second-order valence-corrected chi connectivity index (χ2v) is 7.08. The van der Waals surface area contributed by atoms with E-state index >= 15 is 0 Å². The van der Waals surface area contributed by atoms with Crippen molar-refractivity contribution in [3.8, 4) is 0 Å². The number of carbonyl (C=O) groups is 6. The van der Waals surface area contributed by atoms with Crippen LogP contribution in [0.5, 0.6) is 0 Å². The van der Waals surface area contributed by atoms with E-state index in [0.29, 0.717) is 5.75 Å². The maximum atomic E-state index is 12.5. The smallest absolute Gasteiger partial charge is 0.326 e. The van der Waals surface area contributed by atoms with Crippen LogP contribution in [0.4, 0.5) is 0 Å². The molecule has 0 aromatic rings. The van der Waals surface area contributed by atoms with Crippen molar-refractivity contribution < 1.29 is 44.1 Å². The molecule has 0 bridgehead atoms. The third kappa shape index (κ3) is 11.2. The zero-order chi connectivity index (χ0) is 23.3. The van der Waals surface area contributed by atoms with Crippen molar-refractivity contribution >= 4 is 47.4 Å². The molecule has 0 aliphatic rings. The van der Waals surface area contributed by atoms with Crippen LogP contribution in [0.2, 0.25) is 0 Å². The second-order valence-electron chi connectivity index (χ2n) is 6.10. The van der Waals surface area contributed by atoms with Gasteiger partial charge in [-0.2, -0.15) is 11.8 Å². The van der Waals surface area contributed by atoms with Crippen LogP contribution in [-0.2, 0) is 28.8 Å². The number of nitrogens with one attached hydrogen (secondary N) is 3. The molecule has 0 heterocycles. The van der Waals surface area contributed by atoms with E-state index in [9.17, 15) is 28.8 Å². The van der Waals surface area contributed by atoms with Crippen LogP contribution in [-0.4, -0.2) is 87.6 Å². The molecule has 3 amide bonds. The Morgan fingerprint density at radius 1 is 0.833 bits per heavy atom. The summed E-state index contributed by atoms with van der Waals surface area (Å²) in [5, 5.41) is 33.3. The number of hydrogen-bond acceptors (Lipinski definition) is 8. The topological polar surface area (TPSA) is 225 Å². The summed E-state index contributed by atoms with van der Waals surface area (Å²) in [6.45, 7) is -0.442. The number of aliphatic carboxylic acids is 3. The van der Waals surface area contributed by atoms with Crippen molar-refractivity contribution in [1.29, 1.82) is 0 Å². The highest BCUT2D eigenvalue weighted by Crippen LogP contribution is 2.05. The van der Waals surface area contributed by atoms with E-state index in [0.717, 1.165) is 0 Å². The number of carboxylic acid groups (broad SMARTS) is 3. The van der Waals surface area contributed by atoms with Crippen LogP contribution >= 0.6 is 11.8 Å². The summed E-state index contributed by atoms with van der Waals surface area (Å²) in [6, 6.07) is -4.22. The molecule has 3 atom stereocenters. The lowest BCUT2D eigenvalue weighted by Crippen LogP contribution is -2.56. The van der Waals surface area contributed by atoms with Gasteiger partial charge in [-0.1, -0.05) is 0 Å². The third-order valence-corrected chi connectivity index (χ3v) is 4.36. The Balaban J connectivity index is 5.35. The molecule has 3 unspecified atom stereocenters. The fourth-order valence-electron chi connectivity index (χ4n) is 2.21. The summed E-state index contributed by atoms with van der Waals surface area (Å²) >= 11 is 1.34. The average molecular weight is 450 g/mol. The summed E-state index contributed by atoms with van der Waals surface area (Å²) in [5.74, 6) is -6.30. The van der Waals surface area contributed by atoms with Gasteiger partial charge in [-0.3, -0.25) is 24.0 Å². The molecular formula is C16H26N4O9S. The van der Waals surface area contributed by atoms with Gasteiger partial charge in [0.25, 0.3) is 0 Å². The first-order valence-corrected chi connectivity index (χ1v) is 10.2. The molecule has 0 aliphatic carbocycles. The first-order chi connectivity index (χ1) is 14.0. The van der Waals surface area contributed by atoms with Gasteiger partial charge < -0.3 is 37.0 Å². The molecule has 0 fully saturated rings. The van der Waals surface area contributed by atoms with Gasteiger partial charge in [0, 0.05) is 6.42 Å². The van der Waals surface area contributed by atoms with Crippen molar-refractivity contribution in [1.82, 2.24) is 16.0 Å². The quantitative estimate of drug-likeness (QED) is 0.139. The van der Waals surface area contributed by atoms with Gasteiger partial charge in [-0.15, -0.1) is 0 Å². The molecule has 0 aromatic heterocycles. The maximum Gasteiger partial charge on any atom is 0.326 e. The SMILES string of the molecule is CSCCC(NC(=O)C(CCC(=O)O)NC(=O)CN)C(=O)NC(CC(=O)O)C(=O)O. The van der Waals surface area contributed by atoms with Crippen LogP contribution in [0.15, 0.2) is 0 Å². The Kier molecular flexibility index (Phi) is 12.8. The van der Waals surface area contributed by atoms with Gasteiger partial charge in [0.1, 0.15) is 18.1 Å². The minimum atomic E-state index is -1.71. The van der Waals surface area contributed by atoms with E-state index in [1.165, 1.54) is 11.8 Å². The number of rotatable bonds is 15. The van der Waals surface area contributed by atoms with E-state index in [4.69, 9.17) is 21.1 Å². The van der Waals surface area contributed by atoms with Gasteiger partial charge in [0.15, 0.2) is 0 Å². The molecule has 0 spiro atoms. The van der Waals surface area contributed by atoms with Crippen LogP contribution in [0.3, 0.4) is 0 Å². The van der Waals surface area contributed by atoms with Gasteiger partial charge in [0.2, 0.25) is 17.7 Å². The number of hydrogen-bond donors (Lipinski definition) is 7. The molecule has 13 nitrogen and oxygen atoms in total. The van der Waals surface area contributed by atoms with E-state index < -0.39 is 73.1 Å². The van der Waals surface area contributed by atoms with Crippen molar-refractivity contribution in [3.05, 3.63) is 0 Å². The van der Waals surface area contributed by atoms with Crippen LogP contribution in [0, 0.1) is 0 Å².